The smallest absolute Gasteiger partial charge is 0.0267 e. The average molecular weight is 321 g/mol. The second-order valence-corrected chi connectivity index (χ2v) is 5.47. The zero-order valence-corrected chi connectivity index (χ0v) is 13.2. The molecule has 0 aliphatic carbocycles. The Labute approximate surface area is 124 Å². The number of aryl methyl sites for hydroxylation is 1. The molecule has 0 saturated heterocycles. The first kappa shape index (κ1) is 15.9. The molecule has 0 unspecified atom stereocenters. The fourth-order valence-electron chi connectivity index (χ4n) is 1.56. The van der Waals surface area contributed by atoms with E-state index in [4.69, 9.17) is 0 Å². The van der Waals surface area contributed by atoms with Crippen LogP contribution in [0, 0.1) is 0 Å². The average Bonchev–Trinajstić information content (AvgIpc) is 2.43. The summed E-state index contributed by atoms with van der Waals surface area (Å²) >= 11 is 3.43. The molecule has 0 radical (unpaired) electrons. The zero-order valence-electron chi connectivity index (χ0n) is 11.6. The van der Waals surface area contributed by atoms with Crippen molar-refractivity contribution in [1.82, 2.24) is 9.88 Å². The van der Waals surface area contributed by atoms with Crippen LogP contribution in [0.5, 0.6) is 0 Å². The van der Waals surface area contributed by atoms with Gasteiger partial charge >= 0.3 is 0 Å². The molecule has 3 heteroatoms. The van der Waals surface area contributed by atoms with E-state index in [9.17, 15) is 0 Å². The van der Waals surface area contributed by atoms with Crippen molar-refractivity contribution in [1.29, 1.82) is 0 Å². The first-order chi connectivity index (χ1) is 9.18. The summed E-state index contributed by atoms with van der Waals surface area (Å²) in [6.45, 7) is 1.16. The SMILES string of the molecule is CN(C)CCCc1ccc(Br)cc1.c1ccncc1. The van der Waals surface area contributed by atoms with E-state index < -0.39 is 0 Å². The number of rotatable bonds is 4. The second kappa shape index (κ2) is 9.70. The fourth-order valence-corrected chi connectivity index (χ4v) is 1.83. The number of hydrogen-bond acceptors (Lipinski definition) is 2. The third-order valence-corrected chi connectivity index (χ3v) is 3.08. The molecule has 1 aromatic heterocycles. The summed E-state index contributed by atoms with van der Waals surface area (Å²) in [7, 11) is 4.23. The molecular formula is C16H21BrN2. The van der Waals surface area contributed by atoms with Crippen LogP contribution in [0.1, 0.15) is 12.0 Å². The minimum atomic E-state index is 1.16. The Bertz CT molecular complexity index is 400. The van der Waals surface area contributed by atoms with Gasteiger partial charge in [-0.15, -0.1) is 0 Å². The molecule has 0 atom stereocenters. The van der Waals surface area contributed by atoms with E-state index in [-0.39, 0.29) is 0 Å². The lowest BCUT2D eigenvalue weighted by atomic mass is 10.1. The molecule has 1 aromatic carbocycles. The van der Waals surface area contributed by atoms with E-state index in [0.717, 1.165) is 11.0 Å². The van der Waals surface area contributed by atoms with Gasteiger partial charge < -0.3 is 4.90 Å². The summed E-state index contributed by atoms with van der Waals surface area (Å²) < 4.78 is 1.16. The van der Waals surface area contributed by atoms with E-state index in [1.54, 1.807) is 12.4 Å². The van der Waals surface area contributed by atoms with Crippen molar-refractivity contribution in [3.8, 4) is 0 Å². The van der Waals surface area contributed by atoms with Gasteiger partial charge in [0.1, 0.15) is 0 Å². The van der Waals surface area contributed by atoms with Crippen LogP contribution in [0.15, 0.2) is 59.3 Å². The zero-order chi connectivity index (χ0) is 13.9. The van der Waals surface area contributed by atoms with Crippen LogP contribution < -0.4 is 0 Å². The Hall–Kier alpha value is -1.19. The number of benzene rings is 1. The highest BCUT2D eigenvalue weighted by molar-refractivity contribution is 9.10. The van der Waals surface area contributed by atoms with E-state index in [1.807, 2.05) is 18.2 Å². The van der Waals surface area contributed by atoms with Gasteiger partial charge in [-0.1, -0.05) is 34.1 Å². The van der Waals surface area contributed by atoms with Crippen molar-refractivity contribution >= 4 is 15.9 Å². The summed E-state index contributed by atoms with van der Waals surface area (Å²) in [6, 6.07) is 14.3. The largest absolute Gasteiger partial charge is 0.309 e. The van der Waals surface area contributed by atoms with Gasteiger partial charge in [0.25, 0.3) is 0 Å². The predicted octanol–water partition coefficient (Wildman–Crippen LogP) is 4.02. The molecule has 0 aliphatic rings. The topological polar surface area (TPSA) is 16.1 Å². The number of aromatic nitrogens is 1. The molecule has 0 spiro atoms. The van der Waals surface area contributed by atoms with Gasteiger partial charge in [-0.3, -0.25) is 4.98 Å². The summed E-state index contributed by atoms with van der Waals surface area (Å²) in [5.41, 5.74) is 1.42. The minimum Gasteiger partial charge on any atom is -0.309 e. The molecule has 0 bridgehead atoms. The minimum absolute atomic E-state index is 1.16. The quantitative estimate of drug-likeness (QED) is 0.845. The van der Waals surface area contributed by atoms with Gasteiger partial charge in [-0.05, 0) is 63.3 Å². The lowest BCUT2D eigenvalue weighted by Crippen LogP contribution is -2.13. The van der Waals surface area contributed by atoms with E-state index in [1.165, 1.54) is 18.4 Å². The summed E-state index contributed by atoms with van der Waals surface area (Å²) in [4.78, 5) is 6.01. The maximum Gasteiger partial charge on any atom is 0.0267 e. The van der Waals surface area contributed by atoms with Crippen molar-refractivity contribution in [2.75, 3.05) is 20.6 Å². The third kappa shape index (κ3) is 8.51. The molecule has 0 N–H and O–H groups in total. The Morgan fingerprint density at radius 2 is 1.63 bits per heavy atom. The number of pyridine rings is 1. The van der Waals surface area contributed by atoms with Crippen LogP contribution >= 0.6 is 15.9 Å². The molecule has 0 fully saturated rings. The highest BCUT2D eigenvalue weighted by atomic mass is 79.9. The Kier molecular flexibility index (Phi) is 8.10. The Morgan fingerprint density at radius 1 is 1.00 bits per heavy atom. The summed E-state index contributed by atoms with van der Waals surface area (Å²) in [6.07, 6.45) is 5.90. The summed E-state index contributed by atoms with van der Waals surface area (Å²) in [5.74, 6) is 0. The molecular weight excluding hydrogens is 300 g/mol. The molecule has 2 aromatic rings. The first-order valence-electron chi connectivity index (χ1n) is 6.42. The maximum absolute atomic E-state index is 3.78. The van der Waals surface area contributed by atoms with Crippen LogP contribution in [0.2, 0.25) is 0 Å². The maximum atomic E-state index is 3.78. The summed E-state index contributed by atoms with van der Waals surface area (Å²) in [5, 5.41) is 0. The lowest BCUT2D eigenvalue weighted by molar-refractivity contribution is 0.400. The van der Waals surface area contributed by atoms with Crippen molar-refractivity contribution < 1.29 is 0 Å². The number of nitrogens with zero attached hydrogens (tertiary/aromatic N) is 2. The molecule has 2 nitrogen and oxygen atoms in total. The van der Waals surface area contributed by atoms with Crippen LogP contribution in [0.4, 0.5) is 0 Å². The van der Waals surface area contributed by atoms with Crippen molar-refractivity contribution in [2.24, 2.45) is 0 Å². The van der Waals surface area contributed by atoms with Crippen molar-refractivity contribution in [3.05, 3.63) is 64.9 Å². The van der Waals surface area contributed by atoms with Crippen molar-refractivity contribution in [2.45, 2.75) is 12.8 Å². The normalized spacial score (nSPS) is 9.89. The van der Waals surface area contributed by atoms with Gasteiger partial charge in [0, 0.05) is 16.9 Å². The first-order valence-corrected chi connectivity index (χ1v) is 7.22. The standard InChI is InChI=1S/C11H16BrN.C5H5N/c1-13(2)9-3-4-10-5-7-11(12)8-6-10;1-2-4-6-5-3-1/h5-8H,3-4,9H2,1-2H3;1-5H. The molecule has 0 aliphatic heterocycles. The fraction of sp³-hybridized carbons (Fsp3) is 0.312. The van der Waals surface area contributed by atoms with Gasteiger partial charge in [0.15, 0.2) is 0 Å². The molecule has 1 heterocycles. The highest BCUT2D eigenvalue weighted by Crippen LogP contribution is 2.11. The predicted molar refractivity (Wildman–Crippen MR) is 85.3 cm³/mol. The van der Waals surface area contributed by atoms with Crippen LogP contribution in [-0.2, 0) is 6.42 Å². The Morgan fingerprint density at radius 3 is 2.05 bits per heavy atom. The molecule has 102 valence electrons. The number of hydrogen-bond donors (Lipinski definition) is 0. The van der Waals surface area contributed by atoms with Gasteiger partial charge in [0.2, 0.25) is 0 Å². The van der Waals surface area contributed by atoms with Gasteiger partial charge in [0.05, 0.1) is 0 Å². The van der Waals surface area contributed by atoms with Crippen LogP contribution in [0.25, 0.3) is 0 Å². The Balaban J connectivity index is 0.000000250. The number of halogens is 1. The second-order valence-electron chi connectivity index (χ2n) is 4.56. The monoisotopic (exact) mass is 320 g/mol. The van der Waals surface area contributed by atoms with E-state index >= 15 is 0 Å². The highest BCUT2D eigenvalue weighted by Gasteiger charge is 1.94. The van der Waals surface area contributed by atoms with Crippen LogP contribution in [0.3, 0.4) is 0 Å². The molecule has 2 rings (SSSR count). The van der Waals surface area contributed by atoms with Gasteiger partial charge in [-0.2, -0.15) is 0 Å². The lowest BCUT2D eigenvalue weighted by Gasteiger charge is -2.08. The molecule has 0 amide bonds. The van der Waals surface area contributed by atoms with Crippen LogP contribution in [-0.4, -0.2) is 30.5 Å². The van der Waals surface area contributed by atoms with E-state index in [2.05, 4.69) is 64.2 Å². The third-order valence-electron chi connectivity index (χ3n) is 2.55. The van der Waals surface area contributed by atoms with Crippen molar-refractivity contribution in [3.63, 3.8) is 0 Å². The van der Waals surface area contributed by atoms with Gasteiger partial charge in [-0.25, -0.2) is 0 Å². The molecule has 19 heavy (non-hydrogen) atoms. The van der Waals surface area contributed by atoms with E-state index in [0.29, 0.717) is 0 Å². The molecule has 0 saturated carbocycles.